The lowest BCUT2D eigenvalue weighted by atomic mass is 9.76. The van der Waals surface area contributed by atoms with Gasteiger partial charge in [-0.2, -0.15) is 0 Å². The van der Waals surface area contributed by atoms with Crippen LogP contribution in [0.3, 0.4) is 0 Å². The molecule has 1 saturated heterocycles. The van der Waals surface area contributed by atoms with Gasteiger partial charge in [-0.1, -0.05) is 19.9 Å². The molecule has 0 atom stereocenters. The van der Waals surface area contributed by atoms with Crippen molar-refractivity contribution in [3.05, 3.63) is 41.9 Å². The Balaban J connectivity index is 1.50. The van der Waals surface area contributed by atoms with E-state index < -0.39 is 0 Å². The molecule has 1 fully saturated rings. The fourth-order valence-electron chi connectivity index (χ4n) is 3.65. The van der Waals surface area contributed by atoms with E-state index in [1.165, 1.54) is 0 Å². The fourth-order valence-corrected chi connectivity index (χ4v) is 3.65. The average Bonchev–Trinajstić information content (AvgIpc) is 2.61. The highest BCUT2D eigenvalue weighted by atomic mass is 16.1. The number of Topliss-reactive ketones (excluding diaryl/α,β-unsaturated/α-hetero) is 1. The first-order valence-electron chi connectivity index (χ1n) is 8.82. The predicted molar refractivity (Wildman–Crippen MR) is 97.1 cm³/mol. The Labute approximate surface area is 147 Å². The number of carbonyl (C=O) groups excluding carboxylic acids is 1. The summed E-state index contributed by atoms with van der Waals surface area (Å²) >= 11 is 0. The van der Waals surface area contributed by atoms with Crippen LogP contribution in [-0.4, -0.2) is 46.9 Å². The molecule has 6 heteroatoms. The number of fused-ring (bicyclic) bond motifs is 1. The molecule has 0 unspecified atom stereocenters. The van der Waals surface area contributed by atoms with Crippen molar-refractivity contribution >= 4 is 17.5 Å². The number of hydrogen-bond acceptors (Lipinski definition) is 6. The maximum atomic E-state index is 12.3. The first-order chi connectivity index (χ1) is 12.0. The highest BCUT2D eigenvalue weighted by molar-refractivity contribution is 5.98. The molecule has 130 valence electrons. The van der Waals surface area contributed by atoms with Crippen molar-refractivity contribution in [1.29, 1.82) is 0 Å². The molecule has 4 rings (SSSR count). The Hall–Kier alpha value is -2.50. The van der Waals surface area contributed by atoms with Gasteiger partial charge in [0.25, 0.3) is 0 Å². The van der Waals surface area contributed by atoms with Crippen molar-refractivity contribution < 1.29 is 4.79 Å². The van der Waals surface area contributed by atoms with E-state index in [0.29, 0.717) is 12.0 Å². The van der Waals surface area contributed by atoms with E-state index in [0.717, 1.165) is 50.1 Å². The molecule has 0 radical (unpaired) electrons. The second-order valence-electron chi connectivity index (χ2n) is 7.63. The van der Waals surface area contributed by atoms with Crippen molar-refractivity contribution in [3.8, 4) is 0 Å². The molecule has 25 heavy (non-hydrogen) atoms. The summed E-state index contributed by atoms with van der Waals surface area (Å²) < 4.78 is 0. The summed E-state index contributed by atoms with van der Waals surface area (Å²) in [5, 5.41) is 0. The van der Waals surface area contributed by atoms with Gasteiger partial charge in [0.2, 0.25) is 5.95 Å². The molecule has 1 aliphatic carbocycles. The van der Waals surface area contributed by atoms with E-state index in [1.54, 1.807) is 6.20 Å². The van der Waals surface area contributed by atoms with E-state index in [9.17, 15) is 4.79 Å². The van der Waals surface area contributed by atoms with Gasteiger partial charge in [0.1, 0.15) is 5.82 Å². The van der Waals surface area contributed by atoms with E-state index in [1.807, 2.05) is 24.4 Å². The third-order valence-electron chi connectivity index (χ3n) is 4.98. The molecule has 0 bridgehead atoms. The molecule has 2 aromatic rings. The highest BCUT2D eigenvalue weighted by Gasteiger charge is 2.33. The second kappa shape index (κ2) is 6.10. The summed E-state index contributed by atoms with van der Waals surface area (Å²) in [6.07, 6.45) is 4.95. The van der Waals surface area contributed by atoms with Crippen LogP contribution in [0.5, 0.6) is 0 Å². The summed E-state index contributed by atoms with van der Waals surface area (Å²) in [7, 11) is 0. The van der Waals surface area contributed by atoms with Crippen LogP contribution in [0, 0.1) is 5.41 Å². The number of hydrogen-bond donors (Lipinski definition) is 0. The van der Waals surface area contributed by atoms with Gasteiger partial charge in [-0.3, -0.25) is 4.79 Å². The largest absolute Gasteiger partial charge is 0.353 e. The minimum atomic E-state index is -0.0205. The average molecular weight is 337 g/mol. The number of pyridine rings is 1. The number of nitrogens with zero attached hydrogens (tertiary/aromatic N) is 5. The van der Waals surface area contributed by atoms with E-state index >= 15 is 0 Å². The molecular weight excluding hydrogens is 314 g/mol. The molecule has 1 aliphatic heterocycles. The molecule has 0 saturated carbocycles. The highest BCUT2D eigenvalue weighted by Crippen LogP contribution is 2.34. The van der Waals surface area contributed by atoms with Crippen LogP contribution < -0.4 is 9.80 Å². The van der Waals surface area contributed by atoms with Crippen LogP contribution in [0.2, 0.25) is 0 Å². The number of aromatic nitrogens is 3. The number of ketones is 1. The zero-order chi connectivity index (χ0) is 17.4. The van der Waals surface area contributed by atoms with Crippen molar-refractivity contribution in [2.24, 2.45) is 5.41 Å². The number of piperazine rings is 1. The Morgan fingerprint density at radius 3 is 2.48 bits per heavy atom. The summed E-state index contributed by atoms with van der Waals surface area (Å²) in [6.45, 7) is 7.74. The quantitative estimate of drug-likeness (QED) is 0.838. The van der Waals surface area contributed by atoms with Gasteiger partial charge in [0, 0.05) is 45.0 Å². The van der Waals surface area contributed by atoms with Crippen molar-refractivity contribution in [1.82, 2.24) is 15.0 Å². The predicted octanol–water partition coefficient (Wildman–Crippen LogP) is 2.35. The smallest absolute Gasteiger partial charge is 0.225 e. The third-order valence-corrected chi connectivity index (χ3v) is 4.98. The van der Waals surface area contributed by atoms with Crippen LogP contribution >= 0.6 is 0 Å². The molecule has 6 nitrogen and oxygen atoms in total. The Bertz CT molecular complexity index is 782. The van der Waals surface area contributed by atoms with Crippen LogP contribution in [0.15, 0.2) is 30.6 Å². The van der Waals surface area contributed by atoms with Crippen molar-refractivity contribution in [2.45, 2.75) is 26.7 Å². The lowest BCUT2D eigenvalue weighted by molar-refractivity contribution is 0.0909. The number of rotatable bonds is 2. The van der Waals surface area contributed by atoms with Gasteiger partial charge in [-0.25, -0.2) is 15.0 Å². The van der Waals surface area contributed by atoms with Gasteiger partial charge < -0.3 is 9.80 Å². The molecule has 0 N–H and O–H groups in total. The monoisotopic (exact) mass is 337 g/mol. The Kier molecular flexibility index (Phi) is 3.90. The zero-order valence-corrected chi connectivity index (χ0v) is 14.8. The van der Waals surface area contributed by atoms with Gasteiger partial charge in [-0.15, -0.1) is 0 Å². The normalized spacial score (nSPS) is 19.7. The molecule has 3 heterocycles. The minimum Gasteiger partial charge on any atom is -0.353 e. The van der Waals surface area contributed by atoms with E-state index in [2.05, 4.69) is 33.6 Å². The summed E-state index contributed by atoms with van der Waals surface area (Å²) in [5.74, 6) is 1.92. The van der Waals surface area contributed by atoms with Crippen LogP contribution in [0.1, 0.15) is 36.3 Å². The van der Waals surface area contributed by atoms with E-state index in [4.69, 9.17) is 4.98 Å². The Morgan fingerprint density at radius 1 is 1.00 bits per heavy atom. The van der Waals surface area contributed by atoms with Crippen molar-refractivity contribution in [3.63, 3.8) is 0 Å². The molecule has 0 aromatic carbocycles. The van der Waals surface area contributed by atoms with Crippen LogP contribution in [0.4, 0.5) is 11.8 Å². The lowest BCUT2D eigenvalue weighted by Gasteiger charge is -2.36. The van der Waals surface area contributed by atoms with Crippen molar-refractivity contribution in [2.75, 3.05) is 36.0 Å². The zero-order valence-electron chi connectivity index (χ0n) is 14.8. The van der Waals surface area contributed by atoms with Gasteiger partial charge in [-0.05, 0) is 24.0 Å². The molecule has 2 aromatic heterocycles. The fraction of sp³-hybridized carbons (Fsp3) is 0.474. The first kappa shape index (κ1) is 16.0. The number of anilines is 2. The Morgan fingerprint density at radius 2 is 1.76 bits per heavy atom. The number of carbonyl (C=O) groups is 1. The summed E-state index contributed by atoms with van der Waals surface area (Å²) in [5.41, 5.74) is 1.58. The minimum absolute atomic E-state index is 0.0205. The maximum absolute atomic E-state index is 12.3. The molecule has 0 spiro atoms. The summed E-state index contributed by atoms with van der Waals surface area (Å²) in [6, 6.07) is 5.99. The van der Waals surface area contributed by atoms with E-state index in [-0.39, 0.29) is 11.2 Å². The standard InChI is InChI=1S/C19H23N5O/c1-19(2)11-15-14(16(25)12-19)13-21-18(22-15)24-9-7-23(8-10-24)17-5-3-4-6-20-17/h3-6,13H,7-12H2,1-2H3. The third kappa shape index (κ3) is 3.21. The van der Waals surface area contributed by atoms with Gasteiger partial charge in [0.15, 0.2) is 5.78 Å². The maximum Gasteiger partial charge on any atom is 0.225 e. The molecule has 0 amide bonds. The SMILES string of the molecule is CC1(C)CC(=O)c2cnc(N3CCN(c4ccccn4)CC3)nc2C1. The molecule has 2 aliphatic rings. The van der Waals surface area contributed by atoms with Crippen LogP contribution in [-0.2, 0) is 6.42 Å². The second-order valence-corrected chi connectivity index (χ2v) is 7.63. The summed E-state index contributed by atoms with van der Waals surface area (Å²) in [4.78, 5) is 30.4. The lowest BCUT2D eigenvalue weighted by Crippen LogP contribution is -2.47. The molecular formula is C19H23N5O. The van der Waals surface area contributed by atoms with Crippen LogP contribution in [0.25, 0.3) is 0 Å². The van der Waals surface area contributed by atoms with Gasteiger partial charge in [0.05, 0.1) is 11.3 Å². The first-order valence-corrected chi connectivity index (χ1v) is 8.82. The topological polar surface area (TPSA) is 62.2 Å². The van der Waals surface area contributed by atoms with Gasteiger partial charge >= 0.3 is 0 Å².